The number of anilines is 1. The standard InChI is InChI=1S/C7H8N6S2/c1-4-11-7(15-13-4)14-6-2-5(12-8)9-3-10-6/h2-3H,8H2,1H3,(H,9,10,12). The van der Waals surface area contributed by atoms with Crippen molar-refractivity contribution in [2.45, 2.75) is 16.3 Å². The van der Waals surface area contributed by atoms with Gasteiger partial charge in [-0.15, -0.1) is 0 Å². The van der Waals surface area contributed by atoms with Crippen molar-refractivity contribution in [3.05, 3.63) is 18.2 Å². The number of nitrogens with one attached hydrogen (secondary N) is 1. The summed E-state index contributed by atoms with van der Waals surface area (Å²) in [7, 11) is 0. The van der Waals surface area contributed by atoms with Crippen molar-refractivity contribution in [3.8, 4) is 0 Å². The first-order valence-electron chi connectivity index (χ1n) is 4.05. The van der Waals surface area contributed by atoms with E-state index < -0.39 is 0 Å². The lowest BCUT2D eigenvalue weighted by Gasteiger charge is -1.99. The zero-order valence-corrected chi connectivity index (χ0v) is 9.47. The minimum Gasteiger partial charge on any atom is -0.308 e. The highest BCUT2D eigenvalue weighted by Crippen LogP contribution is 2.27. The average Bonchev–Trinajstić information content (AvgIpc) is 2.64. The molecule has 2 heterocycles. The zero-order chi connectivity index (χ0) is 10.7. The number of nitrogens with two attached hydrogens (primary N) is 1. The number of rotatable bonds is 3. The number of hydrogen-bond donors (Lipinski definition) is 2. The normalized spacial score (nSPS) is 10.3. The Bertz CT molecular complexity index is 456. The lowest BCUT2D eigenvalue weighted by atomic mass is 10.6. The number of aryl methyl sites for hydroxylation is 1. The van der Waals surface area contributed by atoms with E-state index in [1.807, 2.05) is 6.92 Å². The van der Waals surface area contributed by atoms with Gasteiger partial charge in [0.2, 0.25) is 0 Å². The third-order valence-electron chi connectivity index (χ3n) is 1.49. The van der Waals surface area contributed by atoms with E-state index in [4.69, 9.17) is 5.84 Å². The van der Waals surface area contributed by atoms with Gasteiger partial charge in [-0.2, -0.15) is 4.37 Å². The van der Waals surface area contributed by atoms with Crippen molar-refractivity contribution in [2.24, 2.45) is 5.84 Å². The molecule has 0 amide bonds. The van der Waals surface area contributed by atoms with Crippen LogP contribution in [0.25, 0.3) is 0 Å². The van der Waals surface area contributed by atoms with Crippen LogP contribution in [0.4, 0.5) is 5.82 Å². The van der Waals surface area contributed by atoms with E-state index in [1.165, 1.54) is 29.6 Å². The van der Waals surface area contributed by atoms with Crippen LogP contribution < -0.4 is 11.3 Å². The van der Waals surface area contributed by atoms with Gasteiger partial charge in [-0.25, -0.2) is 20.8 Å². The Morgan fingerprint density at radius 2 is 2.33 bits per heavy atom. The van der Waals surface area contributed by atoms with E-state index in [0.717, 1.165) is 15.2 Å². The van der Waals surface area contributed by atoms with Gasteiger partial charge in [-0.05, 0) is 30.2 Å². The highest BCUT2D eigenvalue weighted by molar-refractivity contribution is 8.00. The summed E-state index contributed by atoms with van der Waals surface area (Å²) < 4.78 is 4.94. The van der Waals surface area contributed by atoms with Crippen LogP contribution in [0, 0.1) is 6.92 Å². The van der Waals surface area contributed by atoms with Gasteiger partial charge in [0, 0.05) is 6.07 Å². The molecule has 78 valence electrons. The molecular formula is C7H8N6S2. The summed E-state index contributed by atoms with van der Waals surface area (Å²) >= 11 is 2.78. The molecule has 0 atom stereocenters. The number of hydrazine groups is 1. The molecule has 0 spiro atoms. The molecule has 0 saturated carbocycles. The van der Waals surface area contributed by atoms with E-state index in [9.17, 15) is 0 Å². The molecule has 0 aromatic carbocycles. The van der Waals surface area contributed by atoms with Crippen LogP contribution in [0.5, 0.6) is 0 Å². The molecule has 2 rings (SSSR count). The number of nitrogen functional groups attached to an aromatic ring is 1. The Morgan fingerprint density at radius 3 is 3.00 bits per heavy atom. The van der Waals surface area contributed by atoms with Crippen LogP contribution in [0.2, 0.25) is 0 Å². The second kappa shape index (κ2) is 4.51. The minimum atomic E-state index is 0.578. The van der Waals surface area contributed by atoms with Crippen molar-refractivity contribution in [1.82, 2.24) is 19.3 Å². The predicted molar refractivity (Wildman–Crippen MR) is 58.6 cm³/mol. The Balaban J connectivity index is 2.16. The molecule has 0 fully saturated rings. The van der Waals surface area contributed by atoms with Crippen molar-refractivity contribution in [3.63, 3.8) is 0 Å². The van der Waals surface area contributed by atoms with Gasteiger partial charge in [0.25, 0.3) is 0 Å². The van der Waals surface area contributed by atoms with Gasteiger partial charge < -0.3 is 5.43 Å². The van der Waals surface area contributed by atoms with Crippen LogP contribution in [0.3, 0.4) is 0 Å². The quantitative estimate of drug-likeness (QED) is 0.471. The van der Waals surface area contributed by atoms with Crippen LogP contribution >= 0.6 is 23.3 Å². The summed E-state index contributed by atoms with van der Waals surface area (Å²) in [5, 5.41) is 0.786. The number of hydrogen-bond acceptors (Lipinski definition) is 8. The molecule has 0 radical (unpaired) electrons. The Kier molecular flexibility index (Phi) is 3.09. The molecule has 0 saturated heterocycles. The predicted octanol–water partition coefficient (Wildman–Crippen LogP) is 1.07. The molecule has 2 aromatic rings. The van der Waals surface area contributed by atoms with Gasteiger partial charge in [0.05, 0.1) is 0 Å². The van der Waals surface area contributed by atoms with Gasteiger partial charge >= 0.3 is 0 Å². The first-order chi connectivity index (χ1) is 7.28. The Labute approximate surface area is 94.5 Å². The van der Waals surface area contributed by atoms with E-state index in [1.54, 1.807) is 6.07 Å². The van der Waals surface area contributed by atoms with Gasteiger partial charge in [-0.1, -0.05) is 0 Å². The average molecular weight is 240 g/mol. The molecule has 0 unspecified atom stereocenters. The van der Waals surface area contributed by atoms with Gasteiger partial charge in [-0.3, -0.25) is 0 Å². The molecule has 15 heavy (non-hydrogen) atoms. The van der Waals surface area contributed by atoms with Crippen molar-refractivity contribution in [1.29, 1.82) is 0 Å². The number of aromatic nitrogens is 4. The third-order valence-corrected chi connectivity index (χ3v) is 3.27. The fourth-order valence-corrected chi connectivity index (χ4v) is 2.45. The lowest BCUT2D eigenvalue weighted by Crippen LogP contribution is -2.08. The maximum absolute atomic E-state index is 5.24. The monoisotopic (exact) mass is 240 g/mol. The highest BCUT2D eigenvalue weighted by atomic mass is 32.2. The summed E-state index contributed by atoms with van der Waals surface area (Å²) in [6.45, 7) is 1.85. The maximum Gasteiger partial charge on any atom is 0.176 e. The molecular weight excluding hydrogens is 232 g/mol. The second-order valence-electron chi connectivity index (χ2n) is 2.60. The molecule has 2 aromatic heterocycles. The summed E-state index contributed by atoms with van der Waals surface area (Å²) in [4.78, 5) is 12.2. The van der Waals surface area contributed by atoms with Crippen LogP contribution in [-0.4, -0.2) is 19.3 Å². The van der Waals surface area contributed by atoms with Crippen LogP contribution in [-0.2, 0) is 0 Å². The SMILES string of the molecule is Cc1nsc(Sc2cc(NN)ncn2)n1. The number of nitrogens with zero attached hydrogens (tertiary/aromatic N) is 4. The first-order valence-corrected chi connectivity index (χ1v) is 5.64. The molecule has 0 aliphatic heterocycles. The van der Waals surface area contributed by atoms with Crippen molar-refractivity contribution >= 4 is 29.1 Å². The highest BCUT2D eigenvalue weighted by Gasteiger charge is 2.04. The summed E-state index contributed by atoms with van der Waals surface area (Å²) in [6.07, 6.45) is 1.45. The van der Waals surface area contributed by atoms with E-state index in [-0.39, 0.29) is 0 Å². The Morgan fingerprint density at radius 1 is 1.47 bits per heavy atom. The third kappa shape index (κ3) is 2.61. The topological polar surface area (TPSA) is 89.6 Å². The van der Waals surface area contributed by atoms with Crippen LogP contribution in [0.1, 0.15) is 5.82 Å². The second-order valence-corrected chi connectivity index (χ2v) is 4.61. The van der Waals surface area contributed by atoms with E-state index in [0.29, 0.717) is 5.82 Å². The van der Waals surface area contributed by atoms with Crippen molar-refractivity contribution in [2.75, 3.05) is 5.43 Å². The molecule has 0 aliphatic carbocycles. The zero-order valence-electron chi connectivity index (χ0n) is 7.84. The molecule has 3 N–H and O–H groups in total. The molecule has 6 nitrogen and oxygen atoms in total. The maximum atomic E-state index is 5.24. The Hall–Kier alpha value is -1.25. The van der Waals surface area contributed by atoms with Crippen molar-refractivity contribution < 1.29 is 0 Å². The summed E-state index contributed by atoms with van der Waals surface area (Å²) in [6, 6.07) is 1.75. The van der Waals surface area contributed by atoms with Gasteiger partial charge in [0.1, 0.15) is 23.0 Å². The molecule has 0 aliphatic rings. The summed E-state index contributed by atoms with van der Waals surface area (Å²) in [5.74, 6) is 6.59. The minimum absolute atomic E-state index is 0.578. The fraction of sp³-hybridized carbons (Fsp3) is 0.143. The smallest absolute Gasteiger partial charge is 0.176 e. The van der Waals surface area contributed by atoms with Gasteiger partial charge in [0.15, 0.2) is 4.34 Å². The summed E-state index contributed by atoms with van der Waals surface area (Å²) in [5.41, 5.74) is 2.46. The van der Waals surface area contributed by atoms with E-state index >= 15 is 0 Å². The molecule has 8 heteroatoms. The fourth-order valence-electron chi connectivity index (χ4n) is 0.883. The largest absolute Gasteiger partial charge is 0.308 e. The van der Waals surface area contributed by atoms with Crippen LogP contribution in [0.15, 0.2) is 21.8 Å². The molecule has 0 bridgehead atoms. The first kappa shape index (κ1) is 10.3. The lowest BCUT2D eigenvalue weighted by molar-refractivity contribution is 1.03. The van der Waals surface area contributed by atoms with E-state index in [2.05, 4.69) is 24.8 Å².